The minimum absolute atomic E-state index is 0.0445. The number of halogens is 9. The number of alkyl halides is 7. The summed E-state index contributed by atoms with van der Waals surface area (Å²) < 4.78 is 96.3. The summed E-state index contributed by atoms with van der Waals surface area (Å²) in [5.41, 5.74) is -1.44. The molecule has 0 saturated heterocycles. The van der Waals surface area contributed by atoms with E-state index in [1.54, 1.807) is 0 Å². The summed E-state index contributed by atoms with van der Waals surface area (Å²) in [4.78, 5) is 15.3. The third-order valence-corrected chi connectivity index (χ3v) is 4.01. The first-order valence-electron chi connectivity index (χ1n) is 7.92. The molecule has 0 amide bonds. The fraction of sp³-hybridized carbons (Fsp3) is 0.286. The zero-order valence-corrected chi connectivity index (χ0v) is 16.4. The summed E-state index contributed by atoms with van der Waals surface area (Å²) >= 11 is 11.2. The number of rotatable bonds is 6. The topological polar surface area (TPSA) is 101 Å². The molecule has 0 aliphatic rings. The quantitative estimate of drug-likeness (QED) is 0.367. The number of hydrogen-bond acceptors (Lipinski definition) is 7. The van der Waals surface area contributed by atoms with Crippen LogP contribution in [0.25, 0.3) is 5.82 Å². The zero-order chi connectivity index (χ0) is 23.9. The summed E-state index contributed by atoms with van der Waals surface area (Å²) in [6.45, 7) is -0.662. The fourth-order valence-corrected chi connectivity index (χ4v) is 2.51. The van der Waals surface area contributed by atoms with Crippen LogP contribution in [0.3, 0.4) is 0 Å². The Hall–Kier alpha value is -3.01. The van der Waals surface area contributed by atoms with E-state index in [4.69, 9.17) is 27.9 Å². The number of hydrogen-bond donors (Lipinski definition) is 0. The summed E-state index contributed by atoms with van der Waals surface area (Å²) in [6.07, 6.45) is -5.26. The monoisotopic (exact) mass is 507 g/mol. The molecule has 3 heterocycles. The Morgan fingerprint density at radius 1 is 1.12 bits per heavy atom. The van der Waals surface area contributed by atoms with Gasteiger partial charge in [-0.3, -0.25) is 0 Å². The molecule has 0 saturated carbocycles. The Morgan fingerprint density at radius 3 is 2.41 bits per heavy atom. The summed E-state index contributed by atoms with van der Waals surface area (Å²) in [7, 11) is 0. The van der Waals surface area contributed by atoms with Crippen LogP contribution in [0.15, 0.2) is 24.4 Å². The highest BCUT2D eigenvalue weighted by atomic mass is 35.5. The molecule has 3 rings (SSSR count). The minimum atomic E-state index is -6.57. The van der Waals surface area contributed by atoms with E-state index in [0.29, 0.717) is 0 Å². The van der Waals surface area contributed by atoms with Crippen molar-refractivity contribution >= 4 is 28.6 Å². The molecular formula is C14H6Cl2F7N7O2. The molecule has 0 radical (unpaired) electrons. The van der Waals surface area contributed by atoms with Crippen molar-refractivity contribution in [1.29, 1.82) is 0 Å². The zero-order valence-electron chi connectivity index (χ0n) is 14.9. The van der Waals surface area contributed by atoms with E-state index in [1.165, 1.54) is 18.3 Å². The lowest BCUT2D eigenvalue weighted by molar-refractivity contribution is -0.361. The average molecular weight is 508 g/mol. The number of aromatic nitrogens is 7. The van der Waals surface area contributed by atoms with Gasteiger partial charge in [0.2, 0.25) is 5.88 Å². The van der Waals surface area contributed by atoms with E-state index < -0.39 is 35.8 Å². The van der Waals surface area contributed by atoms with Gasteiger partial charge in [0.15, 0.2) is 5.82 Å². The first-order valence-corrected chi connectivity index (χ1v) is 8.67. The molecule has 32 heavy (non-hydrogen) atoms. The molecule has 0 unspecified atom stereocenters. The third-order valence-electron chi connectivity index (χ3n) is 3.64. The van der Waals surface area contributed by atoms with Crippen molar-refractivity contribution in [3.8, 4) is 11.7 Å². The lowest BCUT2D eigenvalue weighted by atomic mass is 10.1. The second-order valence-electron chi connectivity index (χ2n) is 5.82. The molecule has 0 fully saturated rings. The van der Waals surface area contributed by atoms with Crippen LogP contribution in [0.4, 0.5) is 35.5 Å². The fourth-order valence-electron chi connectivity index (χ4n) is 2.23. The number of ether oxygens (including phenoxy) is 1. The molecular weight excluding hydrogens is 502 g/mol. The highest BCUT2D eigenvalue weighted by Gasteiger charge is 2.75. The van der Waals surface area contributed by atoms with Crippen LogP contribution < -0.4 is 4.74 Å². The Balaban J connectivity index is 1.93. The van der Waals surface area contributed by atoms with Gasteiger partial charge in [0.25, 0.3) is 5.82 Å². The van der Waals surface area contributed by atoms with Crippen molar-refractivity contribution in [3.05, 3.63) is 40.9 Å². The second-order valence-corrected chi connectivity index (χ2v) is 6.54. The van der Waals surface area contributed by atoms with Crippen molar-refractivity contribution in [2.45, 2.75) is 24.6 Å². The maximum Gasteiger partial charge on any atom is 0.460 e. The number of pyridine rings is 1. The number of nitrogens with zero attached hydrogens (tertiary/aromatic N) is 7. The molecule has 9 nitrogen and oxygen atoms in total. The molecule has 172 valence electrons. The lowest BCUT2D eigenvalue weighted by Crippen LogP contribution is -2.50. The predicted octanol–water partition coefficient (Wildman–Crippen LogP) is 3.98. The minimum Gasteiger partial charge on any atom is -0.395 e. The van der Waals surface area contributed by atoms with E-state index >= 15 is 0 Å². The molecule has 0 aliphatic heterocycles. The van der Waals surface area contributed by atoms with Gasteiger partial charge in [-0.25, -0.2) is 9.78 Å². The Bertz CT molecular complexity index is 1150. The molecule has 0 atom stereocenters. The van der Waals surface area contributed by atoms with E-state index in [2.05, 4.69) is 25.5 Å². The van der Waals surface area contributed by atoms with Gasteiger partial charge in [0.1, 0.15) is 6.54 Å². The van der Waals surface area contributed by atoms with Crippen LogP contribution in [-0.2, 0) is 12.5 Å². The van der Waals surface area contributed by atoms with Crippen molar-refractivity contribution in [2.24, 2.45) is 0 Å². The standard InChI is InChI=1S/C14H6Cl2F7N7O2/c15-7-2-1-3-24-9(7)30-8(32-11(16)31)4-6(26-30)5-29-27-10(25-28-29)12(17,18)13(19,20)14(21,22)23/h1-4H,5H2. The van der Waals surface area contributed by atoms with Gasteiger partial charge in [-0.2, -0.15) is 45.3 Å². The van der Waals surface area contributed by atoms with E-state index in [0.717, 1.165) is 10.7 Å². The second kappa shape index (κ2) is 8.16. The van der Waals surface area contributed by atoms with Crippen molar-refractivity contribution < 1.29 is 40.3 Å². The van der Waals surface area contributed by atoms with Gasteiger partial charge >= 0.3 is 23.4 Å². The third kappa shape index (κ3) is 4.32. The summed E-state index contributed by atoms with van der Waals surface area (Å²) in [5.74, 6) is -14.8. The predicted molar refractivity (Wildman–Crippen MR) is 90.1 cm³/mol. The molecule has 0 bridgehead atoms. The van der Waals surface area contributed by atoms with Crippen molar-refractivity contribution in [3.63, 3.8) is 0 Å². The lowest BCUT2D eigenvalue weighted by Gasteiger charge is -2.25. The van der Waals surface area contributed by atoms with Crippen LogP contribution in [0, 0.1) is 0 Å². The van der Waals surface area contributed by atoms with Gasteiger partial charge in [0, 0.05) is 23.9 Å². The van der Waals surface area contributed by atoms with Gasteiger partial charge in [-0.05, 0) is 17.3 Å². The van der Waals surface area contributed by atoms with Gasteiger partial charge in [-0.1, -0.05) is 11.6 Å². The summed E-state index contributed by atoms with van der Waals surface area (Å²) in [6, 6.07) is 3.92. The molecule has 3 aromatic heterocycles. The van der Waals surface area contributed by atoms with Crippen molar-refractivity contribution in [1.82, 2.24) is 35.0 Å². The maximum atomic E-state index is 13.7. The van der Waals surface area contributed by atoms with Crippen molar-refractivity contribution in [2.75, 3.05) is 0 Å². The highest BCUT2D eigenvalue weighted by Crippen LogP contribution is 2.50. The highest BCUT2D eigenvalue weighted by molar-refractivity contribution is 6.61. The summed E-state index contributed by atoms with van der Waals surface area (Å²) in [5, 5.41) is 12.5. The number of tetrazole rings is 1. The van der Waals surface area contributed by atoms with E-state index in [1.807, 2.05) is 0 Å². The van der Waals surface area contributed by atoms with Crippen LogP contribution in [0.5, 0.6) is 5.88 Å². The molecule has 0 spiro atoms. The smallest absolute Gasteiger partial charge is 0.395 e. The first-order chi connectivity index (χ1) is 14.7. The van der Waals surface area contributed by atoms with Gasteiger partial charge < -0.3 is 4.74 Å². The first kappa shape index (κ1) is 23.6. The Labute approximate surface area is 181 Å². The van der Waals surface area contributed by atoms with Gasteiger partial charge in [-0.15, -0.1) is 10.2 Å². The van der Waals surface area contributed by atoms with Crippen LogP contribution in [0.1, 0.15) is 11.5 Å². The maximum absolute atomic E-state index is 13.7. The molecule has 3 aromatic rings. The van der Waals surface area contributed by atoms with Crippen LogP contribution in [0.2, 0.25) is 5.02 Å². The van der Waals surface area contributed by atoms with E-state index in [9.17, 15) is 35.5 Å². The van der Waals surface area contributed by atoms with Gasteiger partial charge in [0.05, 0.1) is 10.7 Å². The van der Waals surface area contributed by atoms with Crippen LogP contribution >= 0.6 is 23.2 Å². The molecule has 0 N–H and O–H groups in total. The molecule has 0 aliphatic carbocycles. The normalized spacial score (nSPS) is 12.8. The average Bonchev–Trinajstić information content (AvgIpc) is 3.28. The number of carbonyl (C=O) groups excluding carboxylic acids is 1. The Kier molecular flexibility index (Phi) is 6.03. The number of carbonyl (C=O) groups is 1. The van der Waals surface area contributed by atoms with Crippen LogP contribution in [-0.4, -0.2) is 52.5 Å². The largest absolute Gasteiger partial charge is 0.460 e. The molecule has 18 heteroatoms. The molecule has 0 aromatic carbocycles. The SMILES string of the molecule is O=C(Cl)Oc1cc(Cn2nnc(C(F)(F)C(F)(F)C(F)(F)F)n2)nn1-c1ncccc1Cl. The Morgan fingerprint density at radius 2 is 1.81 bits per heavy atom. The van der Waals surface area contributed by atoms with E-state index in [-0.39, 0.29) is 27.2 Å².